The average molecular weight is 398 g/mol. The minimum atomic E-state index is -0.142. The number of hydrogen-bond acceptors (Lipinski definition) is 5. The van der Waals surface area contributed by atoms with Crippen LogP contribution in [0.1, 0.15) is 5.56 Å². The van der Waals surface area contributed by atoms with E-state index in [0.29, 0.717) is 26.4 Å². The summed E-state index contributed by atoms with van der Waals surface area (Å²) in [5, 5.41) is 1.65. The number of anilines is 1. The molecule has 0 fully saturated rings. The normalized spacial score (nSPS) is 10.8. The predicted molar refractivity (Wildman–Crippen MR) is 103 cm³/mol. The molecule has 0 bridgehead atoms. The van der Waals surface area contributed by atoms with Crippen LogP contribution in [-0.4, -0.2) is 16.6 Å². The number of nitrogens with one attached hydrogen (secondary N) is 2. The van der Waals surface area contributed by atoms with E-state index in [2.05, 4.69) is 15.8 Å². The summed E-state index contributed by atoms with van der Waals surface area (Å²) < 4.78 is 0.787. The number of benzene rings is 2. The fourth-order valence-corrected chi connectivity index (χ4v) is 4.01. The van der Waals surface area contributed by atoms with Crippen molar-refractivity contribution in [3.63, 3.8) is 0 Å². The monoisotopic (exact) mass is 397 g/mol. The number of fused-ring (bicyclic) bond motifs is 1. The zero-order valence-corrected chi connectivity index (χ0v) is 15.7. The fraction of sp³-hybridized carbons (Fsp3) is 0.125. The van der Waals surface area contributed by atoms with Crippen molar-refractivity contribution in [1.29, 1.82) is 0 Å². The number of hydrazine groups is 1. The third kappa shape index (κ3) is 4.13. The molecule has 8 heteroatoms. The number of thioether (sulfide) groups is 1. The van der Waals surface area contributed by atoms with Gasteiger partial charge in [0, 0.05) is 4.90 Å². The molecule has 0 aliphatic rings. The Kier molecular flexibility index (Phi) is 5.50. The van der Waals surface area contributed by atoms with Crippen molar-refractivity contribution in [3.05, 3.63) is 52.0 Å². The van der Waals surface area contributed by atoms with E-state index < -0.39 is 0 Å². The Bertz CT molecular complexity index is 842. The van der Waals surface area contributed by atoms with Gasteiger partial charge in [-0.2, -0.15) is 0 Å². The summed E-state index contributed by atoms with van der Waals surface area (Å²) in [4.78, 5) is 17.3. The molecule has 0 saturated carbocycles. The Morgan fingerprint density at radius 3 is 2.58 bits per heavy atom. The van der Waals surface area contributed by atoms with Crippen LogP contribution in [0.5, 0.6) is 0 Å². The van der Waals surface area contributed by atoms with E-state index in [9.17, 15) is 4.79 Å². The molecule has 4 nitrogen and oxygen atoms in total. The number of nitrogens with zero attached hydrogens (tertiary/aromatic N) is 1. The highest BCUT2D eigenvalue weighted by Gasteiger charge is 2.11. The van der Waals surface area contributed by atoms with Crippen LogP contribution >= 0.6 is 46.3 Å². The van der Waals surface area contributed by atoms with E-state index in [0.717, 1.165) is 9.60 Å². The van der Waals surface area contributed by atoms with E-state index >= 15 is 0 Å². The molecule has 1 amide bonds. The first kappa shape index (κ1) is 17.4. The number of carbonyl (C=O) groups excluding carboxylic acids is 1. The summed E-state index contributed by atoms with van der Waals surface area (Å²) in [6.45, 7) is 2.03. The smallest absolute Gasteiger partial charge is 0.248 e. The molecule has 1 aromatic heterocycles. The molecule has 0 saturated heterocycles. The average Bonchev–Trinajstić information content (AvgIpc) is 3.01. The summed E-state index contributed by atoms with van der Waals surface area (Å²) in [6, 6.07) is 11.5. The Hall–Kier alpha value is -1.47. The van der Waals surface area contributed by atoms with Crippen LogP contribution < -0.4 is 10.9 Å². The first-order chi connectivity index (χ1) is 11.5. The molecule has 0 unspecified atom stereocenters. The number of aromatic nitrogens is 1. The molecular formula is C16H13Cl2N3OS2. The highest BCUT2D eigenvalue weighted by atomic mass is 35.5. The van der Waals surface area contributed by atoms with Crippen LogP contribution in [0.4, 0.5) is 5.13 Å². The number of rotatable bonds is 5. The lowest BCUT2D eigenvalue weighted by Crippen LogP contribution is -2.30. The fourth-order valence-electron chi connectivity index (χ4n) is 1.94. The van der Waals surface area contributed by atoms with Gasteiger partial charge in [0.25, 0.3) is 0 Å². The molecule has 0 aliphatic carbocycles. The molecule has 0 aliphatic heterocycles. The lowest BCUT2D eigenvalue weighted by molar-refractivity contribution is -0.118. The SMILES string of the molecule is Cc1ccc(SCC(=O)NNc2nc3c(Cl)ccc(Cl)c3s2)cc1. The van der Waals surface area contributed by atoms with Gasteiger partial charge < -0.3 is 0 Å². The van der Waals surface area contributed by atoms with Crippen molar-refractivity contribution in [2.24, 2.45) is 0 Å². The van der Waals surface area contributed by atoms with Gasteiger partial charge in [0.15, 0.2) is 0 Å². The van der Waals surface area contributed by atoms with E-state index in [1.54, 1.807) is 12.1 Å². The second kappa shape index (κ2) is 7.61. The van der Waals surface area contributed by atoms with Gasteiger partial charge in [-0.3, -0.25) is 15.6 Å². The zero-order chi connectivity index (χ0) is 17.1. The largest absolute Gasteiger partial charge is 0.273 e. The lowest BCUT2D eigenvalue weighted by atomic mass is 10.2. The van der Waals surface area contributed by atoms with Gasteiger partial charge in [0.05, 0.1) is 20.5 Å². The second-order valence-corrected chi connectivity index (χ2v) is 7.86. The zero-order valence-electron chi connectivity index (χ0n) is 12.6. The highest BCUT2D eigenvalue weighted by Crippen LogP contribution is 2.35. The van der Waals surface area contributed by atoms with Gasteiger partial charge >= 0.3 is 0 Å². The molecule has 0 radical (unpaired) electrons. The number of thiazole rings is 1. The van der Waals surface area contributed by atoms with Crippen LogP contribution in [0, 0.1) is 6.92 Å². The van der Waals surface area contributed by atoms with E-state index in [-0.39, 0.29) is 5.91 Å². The summed E-state index contributed by atoms with van der Waals surface area (Å²) in [5.74, 6) is 0.166. The van der Waals surface area contributed by atoms with Crippen molar-refractivity contribution < 1.29 is 4.79 Å². The Morgan fingerprint density at radius 2 is 1.88 bits per heavy atom. The Balaban J connectivity index is 1.57. The first-order valence-corrected chi connectivity index (χ1v) is 9.57. The minimum absolute atomic E-state index is 0.142. The number of carbonyl (C=O) groups is 1. The van der Waals surface area contributed by atoms with Crippen LogP contribution in [0.15, 0.2) is 41.3 Å². The molecule has 1 heterocycles. The number of hydrogen-bond donors (Lipinski definition) is 2. The molecule has 24 heavy (non-hydrogen) atoms. The molecule has 0 atom stereocenters. The van der Waals surface area contributed by atoms with Crippen molar-refractivity contribution in [1.82, 2.24) is 10.4 Å². The predicted octanol–water partition coefficient (Wildman–Crippen LogP) is 5.15. The van der Waals surface area contributed by atoms with Gasteiger partial charge in [-0.25, -0.2) is 4.98 Å². The van der Waals surface area contributed by atoms with Gasteiger partial charge in [0.1, 0.15) is 5.52 Å². The Labute approximate surface area is 157 Å². The van der Waals surface area contributed by atoms with E-state index in [1.165, 1.54) is 28.7 Å². The van der Waals surface area contributed by atoms with Crippen LogP contribution in [0.25, 0.3) is 10.2 Å². The Morgan fingerprint density at radius 1 is 1.17 bits per heavy atom. The molecular weight excluding hydrogens is 385 g/mol. The van der Waals surface area contributed by atoms with Gasteiger partial charge in [-0.05, 0) is 31.2 Å². The maximum Gasteiger partial charge on any atom is 0.248 e. The topological polar surface area (TPSA) is 54.0 Å². The third-order valence-corrected chi connectivity index (χ3v) is 5.89. The first-order valence-electron chi connectivity index (χ1n) is 7.02. The molecule has 0 spiro atoms. The van der Waals surface area contributed by atoms with Gasteiger partial charge in [-0.1, -0.05) is 52.2 Å². The van der Waals surface area contributed by atoms with E-state index in [1.807, 2.05) is 31.2 Å². The van der Waals surface area contributed by atoms with Crippen molar-refractivity contribution >= 4 is 67.6 Å². The molecule has 2 aromatic carbocycles. The number of amides is 1. The summed E-state index contributed by atoms with van der Waals surface area (Å²) in [6.07, 6.45) is 0. The summed E-state index contributed by atoms with van der Waals surface area (Å²) in [7, 11) is 0. The lowest BCUT2D eigenvalue weighted by Gasteiger charge is -2.05. The van der Waals surface area contributed by atoms with Crippen LogP contribution in [-0.2, 0) is 4.79 Å². The van der Waals surface area contributed by atoms with Crippen molar-refractivity contribution in [3.8, 4) is 0 Å². The van der Waals surface area contributed by atoms with Crippen molar-refractivity contribution in [2.75, 3.05) is 11.2 Å². The molecule has 124 valence electrons. The number of halogens is 2. The maximum absolute atomic E-state index is 11.9. The quantitative estimate of drug-likeness (QED) is 0.461. The van der Waals surface area contributed by atoms with E-state index in [4.69, 9.17) is 23.2 Å². The number of aryl methyl sites for hydroxylation is 1. The third-order valence-electron chi connectivity index (χ3n) is 3.15. The van der Waals surface area contributed by atoms with Gasteiger partial charge in [0.2, 0.25) is 11.0 Å². The minimum Gasteiger partial charge on any atom is -0.273 e. The standard InChI is InChI=1S/C16H13Cl2N3OS2/c1-9-2-4-10(5-3-9)23-8-13(22)20-21-16-19-14-11(17)6-7-12(18)15(14)24-16/h2-7H,8H2,1H3,(H,19,21)(H,20,22). The maximum atomic E-state index is 11.9. The molecule has 2 N–H and O–H groups in total. The van der Waals surface area contributed by atoms with Crippen molar-refractivity contribution in [2.45, 2.75) is 11.8 Å². The van der Waals surface area contributed by atoms with Crippen LogP contribution in [0.3, 0.4) is 0 Å². The highest BCUT2D eigenvalue weighted by molar-refractivity contribution is 8.00. The summed E-state index contributed by atoms with van der Waals surface area (Å²) in [5.41, 5.74) is 7.26. The summed E-state index contributed by atoms with van der Waals surface area (Å²) >= 11 is 15.0. The second-order valence-electron chi connectivity index (χ2n) is 5.00. The molecule has 3 rings (SSSR count). The van der Waals surface area contributed by atoms with Crippen LogP contribution in [0.2, 0.25) is 10.0 Å². The van der Waals surface area contributed by atoms with Gasteiger partial charge in [-0.15, -0.1) is 11.8 Å². The molecule has 3 aromatic rings.